The molecule has 2 rings (SSSR count). The second-order valence-electron chi connectivity index (χ2n) is 8.02. The Bertz CT molecular complexity index is 812. The highest BCUT2D eigenvalue weighted by Gasteiger charge is 2.26. The van der Waals surface area contributed by atoms with Crippen molar-refractivity contribution >= 4 is 11.8 Å². The molecule has 4 heteroatoms. The van der Waals surface area contributed by atoms with Crippen molar-refractivity contribution in [2.24, 2.45) is 0 Å². The van der Waals surface area contributed by atoms with Crippen LogP contribution in [0.2, 0.25) is 0 Å². The minimum atomic E-state index is -0.520. The summed E-state index contributed by atoms with van der Waals surface area (Å²) < 4.78 is 0. The highest BCUT2D eigenvalue weighted by atomic mass is 16.2. The number of aryl methyl sites for hydroxylation is 3. The first-order chi connectivity index (χ1) is 13.8. The van der Waals surface area contributed by atoms with Gasteiger partial charge in [0.25, 0.3) is 0 Å². The molecule has 2 amide bonds. The summed E-state index contributed by atoms with van der Waals surface area (Å²) in [5.41, 5.74) is 4.62. The standard InChI is InChI=1S/C25H34N2O2/c1-6-21-10-12-22(13-11-21)14-15-24(28)27(20(5)25(29)26-18(2)3)17-23-9-7-8-19(4)16-23/h7-13,16,18,20H,6,14-15,17H2,1-5H3,(H,26,29)/t20-/m0/s1. The van der Waals surface area contributed by atoms with Crippen molar-refractivity contribution in [3.05, 3.63) is 70.8 Å². The van der Waals surface area contributed by atoms with Crippen LogP contribution in [0.5, 0.6) is 0 Å². The van der Waals surface area contributed by atoms with E-state index in [0.717, 1.165) is 23.1 Å². The quantitative estimate of drug-likeness (QED) is 0.684. The molecular formula is C25H34N2O2. The van der Waals surface area contributed by atoms with Crippen LogP contribution in [0.25, 0.3) is 0 Å². The summed E-state index contributed by atoms with van der Waals surface area (Å²) in [4.78, 5) is 27.4. The Morgan fingerprint density at radius 3 is 2.21 bits per heavy atom. The summed E-state index contributed by atoms with van der Waals surface area (Å²) in [6.45, 7) is 10.3. The lowest BCUT2D eigenvalue weighted by atomic mass is 10.0. The van der Waals surface area contributed by atoms with Gasteiger partial charge in [0.05, 0.1) is 0 Å². The van der Waals surface area contributed by atoms with Gasteiger partial charge in [-0.2, -0.15) is 0 Å². The average Bonchev–Trinajstić information content (AvgIpc) is 2.69. The molecule has 29 heavy (non-hydrogen) atoms. The number of nitrogens with one attached hydrogen (secondary N) is 1. The normalized spacial score (nSPS) is 11.9. The van der Waals surface area contributed by atoms with E-state index in [1.54, 1.807) is 11.8 Å². The zero-order valence-electron chi connectivity index (χ0n) is 18.4. The Kier molecular flexibility index (Phi) is 8.44. The lowest BCUT2D eigenvalue weighted by Crippen LogP contribution is -2.49. The minimum absolute atomic E-state index is 0.00233. The third-order valence-corrected chi connectivity index (χ3v) is 5.09. The fourth-order valence-corrected chi connectivity index (χ4v) is 3.33. The van der Waals surface area contributed by atoms with Crippen LogP contribution in [0, 0.1) is 6.92 Å². The van der Waals surface area contributed by atoms with E-state index in [1.807, 2.05) is 39.0 Å². The zero-order chi connectivity index (χ0) is 21.4. The highest BCUT2D eigenvalue weighted by Crippen LogP contribution is 2.15. The van der Waals surface area contributed by atoms with Crippen LogP contribution in [0.3, 0.4) is 0 Å². The summed E-state index contributed by atoms with van der Waals surface area (Å²) in [6, 6.07) is 16.0. The predicted octanol–water partition coefficient (Wildman–Crippen LogP) is 4.43. The van der Waals surface area contributed by atoms with Gasteiger partial charge in [0.1, 0.15) is 6.04 Å². The molecule has 156 valence electrons. The molecule has 0 saturated carbocycles. The predicted molar refractivity (Wildman–Crippen MR) is 119 cm³/mol. The molecule has 0 aliphatic rings. The van der Waals surface area contributed by atoms with Gasteiger partial charge < -0.3 is 10.2 Å². The molecule has 2 aromatic carbocycles. The van der Waals surface area contributed by atoms with Crippen molar-refractivity contribution in [3.8, 4) is 0 Å². The molecule has 0 aliphatic carbocycles. The molecule has 1 atom stereocenters. The minimum Gasteiger partial charge on any atom is -0.352 e. The molecule has 1 N–H and O–H groups in total. The van der Waals surface area contributed by atoms with Crippen LogP contribution in [0.15, 0.2) is 48.5 Å². The monoisotopic (exact) mass is 394 g/mol. The number of nitrogens with zero attached hydrogens (tertiary/aromatic N) is 1. The van der Waals surface area contributed by atoms with E-state index in [-0.39, 0.29) is 17.9 Å². The Labute approximate surface area is 175 Å². The Morgan fingerprint density at radius 2 is 1.62 bits per heavy atom. The van der Waals surface area contributed by atoms with Gasteiger partial charge in [0.15, 0.2) is 0 Å². The van der Waals surface area contributed by atoms with Gasteiger partial charge in [-0.3, -0.25) is 9.59 Å². The summed E-state index contributed by atoms with van der Waals surface area (Å²) >= 11 is 0. The first-order valence-corrected chi connectivity index (χ1v) is 10.5. The van der Waals surface area contributed by atoms with Gasteiger partial charge in [-0.25, -0.2) is 0 Å². The first-order valence-electron chi connectivity index (χ1n) is 10.5. The molecule has 0 spiro atoms. The molecule has 4 nitrogen and oxygen atoms in total. The van der Waals surface area contributed by atoms with Crippen molar-refractivity contribution in [1.29, 1.82) is 0 Å². The zero-order valence-corrected chi connectivity index (χ0v) is 18.4. The van der Waals surface area contributed by atoms with E-state index in [0.29, 0.717) is 19.4 Å². The van der Waals surface area contributed by atoms with Crippen LogP contribution in [-0.2, 0) is 29.0 Å². The summed E-state index contributed by atoms with van der Waals surface area (Å²) in [7, 11) is 0. The smallest absolute Gasteiger partial charge is 0.242 e. The fourth-order valence-electron chi connectivity index (χ4n) is 3.33. The van der Waals surface area contributed by atoms with E-state index in [1.165, 1.54) is 5.56 Å². The number of rotatable bonds is 9. The van der Waals surface area contributed by atoms with Crippen molar-refractivity contribution < 1.29 is 9.59 Å². The second kappa shape index (κ2) is 10.8. The number of carbonyl (C=O) groups excluding carboxylic acids is 2. The maximum atomic E-state index is 13.1. The molecular weight excluding hydrogens is 360 g/mol. The first kappa shape index (κ1) is 22.7. The van der Waals surface area contributed by atoms with Gasteiger partial charge in [-0.05, 0) is 57.2 Å². The van der Waals surface area contributed by atoms with E-state index in [2.05, 4.69) is 42.6 Å². The van der Waals surface area contributed by atoms with Crippen LogP contribution in [0.1, 0.15) is 56.4 Å². The van der Waals surface area contributed by atoms with E-state index < -0.39 is 6.04 Å². The van der Waals surface area contributed by atoms with Crippen molar-refractivity contribution in [1.82, 2.24) is 10.2 Å². The van der Waals surface area contributed by atoms with E-state index >= 15 is 0 Å². The number of hydrogen-bond donors (Lipinski definition) is 1. The molecule has 0 bridgehead atoms. The third-order valence-electron chi connectivity index (χ3n) is 5.09. The number of amides is 2. The molecule has 0 aliphatic heterocycles. The largest absolute Gasteiger partial charge is 0.352 e. The van der Waals surface area contributed by atoms with Crippen molar-refractivity contribution in [2.45, 2.75) is 72.5 Å². The molecule has 0 fully saturated rings. The SMILES string of the molecule is CCc1ccc(CCC(=O)N(Cc2cccc(C)c2)[C@@H](C)C(=O)NC(C)C)cc1. The fraction of sp³-hybridized carbons (Fsp3) is 0.440. The molecule has 0 unspecified atom stereocenters. The lowest BCUT2D eigenvalue weighted by molar-refractivity contribution is -0.140. The average molecular weight is 395 g/mol. The highest BCUT2D eigenvalue weighted by molar-refractivity contribution is 5.87. The van der Waals surface area contributed by atoms with E-state index in [9.17, 15) is 9.59 Å². The van der Waals surface area contributed by atoms with E-state index in [4.69, 9.17) is 0 Å². The Balaban J connectivity index is 2.13. The topological polar surface area (TPSA) is 49.4 Å². The molecule has 0 heterocycles. The van der Waals surface area contributed by atoms with Gasteiger partial charge in [0, 0.05) is 19.0 Å². The van der Waals surface area contributed by atoms with Crippen molar-refractivity contribution in [3.63, 3.8) is 0 Å². The maximum Gasteiger partial charge on any atom is 0.242 e. The second-order valence-corrected chi connectivity index (χ2v) is 8.02. The van der Waals surface area contributed by atoms with Gasteiger partial charge in [-0.15, -0.1) is 0 Å². The van der Waals surface area contributed by atoms with Gasteiger partial charge >= 0.3 is 0 Å². The Hall–Kier alpha value is -2.62. The summed E-state index contributed by atoms with van der Waals surface area (Å²) in [5.74, 6) is -0.120. The third kappa shape index (κ3) is 7.04. The summed E-state index contributed by atoms with van der Waals surface area (Å²) in [5, 5.41) is 2.93. The van der Waals surface area contributed by atoms with Crippen LogP contribution < -0.4 is 5.32 Å². The number of hydrogen-bond acceptors (Lipinski definition) is 2. The molecule has 2 aromatic rings. The maximum absolute atomic E-state index is 13.1. The lowest BCUT2D eigenvalue weighted by Gasteiger charge is -2.29. The number of carbonyl (C=O) groups is 2. The number of benzene rings is 2. The Morgan fingerprint density at radius 1 is 0.966 bits per heavy atom. The van der Waals surface area contributed by atoms with Crippen LogP contribution >= 0.6 is 0 Å². The summed E-state index contributed by atoms with van der Waals surface area (Å²) in [6.07, 6.45) is 2.06. The van der Waals surface area contributed by atoms with Crippen LogP contribution in [-0.4, -0.2) is 28.8 Å². The van der Waals surface area contributed by atoms with Crippen molar-refractivity contribution in [2.75, 3.05) is 0 Å². The van der Waals surface area contributed by atoms with Gasteiger partial charge in [-0.1, -0.05) is 61.0 Å². The van der Waals surface area contributed by atoms with Gasteiger partial charge in [0.2, 0.25) is 11.8 Å². The van der Waals surface area contributed by atoms with Crippen LogP contribution in [0.4, 0.5) is 0 Å². The molecule has 0 aromatic heterocycles. The molecule has 0 radical (unpaired) electrons. The molecule has 0 saturated heterocycles.